The van der Waals surface area contributed by atoms with Crippen molar-refractivity contribution in [2.24, 2.45) is 0 Å². The van der Waals surface area contributed by atoms with E-state index in [-0.39, 0.29) is 0 Å². The van der Waals surface area contributed by atoms with Crippen molar-refractivity contribution >= 4 is 0 Å². The number of phenolic OH excluding ortho intramolecular Hbond substituents is 1. The normalized spacial score (nSPS) is 8.25. The molecule has 0 fully saturated rings. The maximum absolute atomic E-state index is 11.5. The third kappa shape index (κ3) is 1.24. The summed E-state index contributed by atoms with van der Waals surface area (Å²) in [6.07, 6.45) is 0. The molecule has 0 heterocycles. The fourth-order valence-corrected chi connectivity index (χ4v) is 1.14. The van der Waals surface area contributed by atoms with Crippen LogP contribution in [0, 0.1) is 45.3 Å². The van der Waals surface area contributed by atoms with E-state index in [0.29, 0.717) is 0 Å². The largest absolute Gasteiger partial charge is 0.871 e. The molecule has 0 unspecified atom stereocenters. The Morgan fingerprint density at radius 1 is 0.750 bits per heavy atom. The Balaban J connectivity index is 3.98. The van der Waals surface area contributed by atoms with Crippen LogP contribution in [0.3, 0.4) is 0 Å². The first-order chi connectivity index (χ1) is 7.62. The lowest BCUT2D eigenvalue weighted by atomic mass is 9.97. The molecule has 0 aliphatic heterocycles. The zero-order valence-corrected chi connectivity index (χ0v) is 7.64. The lowest BCUT2D eigenvalue weighted by Crippen LogP contribution is -2.03. The van der Waals surface area contributed by atoms with Crippen LogP contribution in [-0.2, 0) is 0 Å². The lowest BCUT2D eigenvalue weighted by molar-refractivity contribution is -0.269. The number of nitriles is 4. The van der Waals surface area contributed by atoms with E-state index in [1.807, 2.05) is 0 Å². The fraction of sp³-hybridized carbons (Fsp3) is 0. The first kappa shape index (κ1) is 10.9. The van der Waals surface area contributed by atoms with Crippen LogP contribution in [0.5, 0.6) is 11.5 Å². The van der Waals surface area contributed by atoms with Gasteiger partial charge in [-0.15, -0.1) is 0 Å². The average Bonchev–Trinajstić information content (AvgIpc) is 2.30. The molecule has 1 aromatic carbocycles. The molecule has 0 aromatic heterocycles. The zero-order chi connectivity index (χ0) is 12.3. The number of hydrogen-bond donors (Lipinski definition) is 1. The molecule has 6 heteroatoms. The van der Waals surface area contributed by atoms with Crippen molar-refractivity contribution in [2.45, 2.75) is 0 Å². The summed E-state index contributed by atoms with van der Waals surface area (Å²) in [5.74, 6) is -1.83. The van der Waals surface area contributed by atoms with Gasteiger partial charge < -0.3 is 10.2 Å². The molecule has 0 atom stereocenters. The number of nitrogens with zero attached hydrogens (tertiary/aromatic N) is 4. The Kier molecular flexibility index (Phi) is 2.63. The Bertz CT molecular complexity index is 525. The maximum Gasteiger partial charge on any atom is 0.153 e. The van der Waals surface area contributed by atoms with Gasteiger partial charge in [-0.1, -0.05) is 5.75 Å². The van der Waals surface area contributed by atoms with E-state index in [1.54, 1.807) is 0 Å². The highest BCUT2D eigenvalue weighted by atomic mass is 16.3. The molecule has 6 nitrogen and oxygen atoms in total. The van der Waals surface area contributed by atoms with Crippen molar-refractivity contribution in [3.8, 4) is 35.8 Å². The number of aromatic hydroxyl groups is 1. The van der Waals surface area contributed by atoms with Gasteiger partial charge in [-0.3, -0.25) is 0 Å². The minimum atomic E-state index is -1.02. The first-order valence-corrected chi connectivity index (χ1v) is 3.82. The molecule has 0 saturated heterocycles. The monoisotopic (exact) mass is 209 g/mol. The van der Waals surface area contributed by atoms with Crippen molar-refractivity contribution in [1.29, 1.82) is 21.0 Å². The molecular weight excluding hydrogens is 208 g/mol. The molecule has 1 N–H and O–H groups in total. The highest BCUT2D eigenvalue weighted by Gasteiger charge is 2.19. The van der Waals surface area contributed by atoms with Gasteiger partial charge in [0.25, 0.3) is 0 Å². The Hall–Kier alpha value is -3.22. The average molecular weight is 209 g/mol. The van der Waals surface area contributed by atoms with Crippen LogP contribution in [0.2, 0.25) is 0 Å². The molecule has 0 aliphatic rings. The molecule has 0 saturated carbocycles. The Morgan fingerprint density at radius 2 is 1.06 bits per heavy atom. The van der Waals surface area contributed by atoms with Gasteiger partial charge in [-0.25, -0.2) is 0 Å². The molecular formula is C10HN4O2-. The second-order valence-electron chi connectivity index (χ2n) is 2.62. The van der Waals surface area contributed by atoms with Crippen molar-refractivity contribution in [3.05, 3.63) is 22.3 Å². The van der Waals surface area contributed by atoms with Gasteiger partial charge >= 0.3 is 0 Å². The van der Waals surface area contributed by atoms with E-state index in [1.165, 1.54) is 24.3 Å². The van der Waals surface area contributed by atoms with Gasteiger partial charge in [-0.2, -0.15) is 21.0 Å². The summed E-state index contributed by atoms with van der Waals surface area (Å²) in [5.41, 5.74) is -2.42. The Morgan fingerprint density at radius 3 is 1.31 bits per heavy atom. The molecule has 0 aliphatic carbocycles. The van der Waals surface area contributed by atoms with Gasteiger partial charge in [0.1, 0.15) is 35.4 Å². The number of rotatable bonds is 0. The van der Waals surface area contributed by atoms with Crippen LogP contribution in [0.25, 0.3) is 0 Å². The van der Waals surface area contributed by atoms with Crippen LogP contribution in [-0.4, -0.2) is 5.11 Å². The minimum absolute atomic E-state index is 0.581. The molecule has 0 bridgehead atoms. The van der Waals surface area contributed by atoms with Gasteiger partial charge in [0.2, 0.25) is 0 Å². The predicted octanol–water partition coefficient (Wildman–Crippen LogP) is -0.0475. The fourth-order valence-electron chi connectivity index (χ4n) is 1.14. The molecule has 0 amide bonds. The molecule has 0 radical (unpaired) electrons. The van der Waals surface area contributed by atoms with Crippen molar-refractivity contribution in [3.63, 3.8) is 0 Å². The quantitative estimate of drug-likeness (QED) is 0.635. The smallest absolute Gasteiger partial charge is 0.153 e. The van der Waals surface area contributed by atoms with Crippen molar-refractivity contribution in [2.75, 3.05) is 0 Å². The summed E-state index contributed by atoms with van der Waals surface area (Å²) in [4.78, 5) is 0. The zero-order valence-electron chi connectivity index (χ0n) is 7.64. The second-order valence-corrected chi connectivity index (χ2v) is 2.62. The second kappa shape index (κ2) is 3.88. The Labute approximate surface area is 90.0 Å². The summed E-state index contributed by atoms with van der Waals surface area (Å²) in [6, 6.07) is 5.75. The van der Waals surface area contributed by atoms with Crippen molar-refractivity contribution < 1.29 is 10.2 Å². The number of hydrogen-bond acceptors (Lipinski definition) is 6. The lowest BCUT2D eigenvalue weighted by Gasteiger charge is -2.14. The van der Waals surface area contributed by atoms with Crippen LogP contribution in [0.15, 0.2) is 0 Å². The van der Waals surface area contributed by atoms with Crippen LogP contribution >= 0.6 is 0 Å². The molecule has 0 spiro atoms. The third-order valence-electron chi connectivity index (χ3n) is 1.87. The van der Waals surface area contributed by atoms with E-state index in [9.17, 15) is 10.2 Å². The first-order valence-electron chi connectivity index (χ1n) is 3.82. The van der Waals surface area contributed by atoms with Crippen LogP contribution < -0.4 is 5.11 Å². The standard InChI is InChI=1S/C10H2N4O2/c11-1-5-6(2-12)10(16)8(4-14)7(3-13)9(5)15/h15-16H/p-1. The topological polar surface area (TPSA) is 138 Å². The summed E-state index contributed by atoms with van der Waals surface area (Å²) in [5, 5.41) is 55.5. The highest BCUT2D eigenvalue weighted by Crippen LogP contribution is 2.34. The minimum Gasteiger partial charge on any atom is -0.871 e. The summed E-state index contributed by atoms with van der Waals surface area (Å²) in [7, 11) is 0. The van der Waals surface area contributed by atoms with E-state index in [4.69, 9.17) is 21.0 Å². The van der Waals surface area contributed by atoms with Gasteiger partial charge in [0.15, 0.2) is 5.75 Å². The predicted molar refractivity (Wildman–Crippen MR) is 46.4 cm³/mol. The summed E-state index contributed by atoms with van der Waals surface area (Å²) < 4.78 is 0. The summed E-state index contributed by atoms with van der Waals surface area (Å²) in [6.45, 7) is 0. The van der Waals surface area contributed by atoms with Gasteiger partial charge in [-0.05, 0) is 0 Å². The molecule has 16 heavy (non-hydrogen) atoms. The SMILES string of the molecule is N#Cc1c([O-])c(C#N)c(C#N)c(O)c1C#N. The molecule has 74 valence electrons. The number of phenols is 1. The highest BCUT2D eigenvalue weighted by molar-refractivity contribution is 5.71. The van der Waals surface area contributed by atoms with E-state index in [2.05, 4.69) is 0 Å². The van der Waals surface area contributed by atoms with E-state index in [0.717, 1.165) is 0 Å². The number of benzene rings is 1. The van der Waals surface area contributed by atoms with Crippen LogP contribution in [0.4, 0.5) is 0 Å². The van der Waals surface area contributed by atoms with E-state index >= 15 is 0 Å². The molecule has 1 aromatic rings. The van der Waals surface area contributed by atoms with Crippen molar-refractivity contribution in [1.82, 2.24) is 0 Å². The van der Waals surface area contributed by atoms with Crippen LogP contribution in [0.1, 0.15) is 22.3 Å². The van der Waals surface area contributed by atoms with Gasteiger partial charge in [0, 0.05) is 0 Å². The molecule has 1 rings (SSSR count). The van der Waals surface area contributed by atoms with Gasteiger partial charge in [0.05, 0.1) is 11.1 Å². The third-order valence-corrected chi connectivity index (χ3v) is 1.87. The summed E-state index contributed by atoms with van der Waals surface area (Å²) >= 11 is 0. The van der Waals surface area contributed by atoms with E-state index < -0.39 is 33.8 Å². The maximum atomic E-state index is 11.5.